The lowest BCUT2D eigenvalue weighted by atomic mass is 10.1. The normalized spacial score (nSPS) is 9.71. The van der Waals surface area contributed by atoms with Crippen molar-refractivity contribution in [1.82, 2.24) is 5.32 Å². The summed E-state index contributed by atoms with van der Waals surface area (Å²) in [6.07, 6.45) is 1.17. The molecule has 0 spiro atoms. The minimum absolute atomic E-state index is 0.0954. The van der Waals surface area contributed by atoms with Gasteiger partial charge in [0.1, 0.15) is 6.29 Å². The standard InChI is InChI=1S/C11H13NO2/c13-7-6-12-9-11(14)8-10-4-2-1-3-5-10/h1-5,7,12H,6,8-9H2. The predicted molar refractivity (Wildman–Crippen MR) is 54.1 cm³/mol. The van der Waals surface area contributed by atoms with Crippen LogP contribution in [0.15, 0.2) is 30.3 Å². The molecule has 0 fully saturated rings. The van der Waals surface area contributed by atoms with Crippen molar-refractivity contribution in [2.45, 2.75) is 6.42 Å². The van der Waals surface area contributed by atoms with Gasteiger partial charge in [-0.25, -0.2) is 0 Å². The average molecular weight is 191 g/mol. The molecule has 0 aromatic heterocycles. The molecule has 14 heavy (non-hydrogen) atoms. The maximum atomic E-state index is 11.3. The fraction of sp³-hybridized carbons (Fsp3) is 0.273. The third-order valence-electron chi connectivity index (χ3n) is 1.79. The van der Waals surface area contributed by atoms with Crippen LogP contribution in [0.5, 0.6) is 0 Å². The van der Waals surface area contributed by atoms with Crippen LogP contribution < -0.4 is 5.32 Å². The van der Waals surface area contributed by atoms with E-state index in [1.807, 2.05) is 30.3 Å². The van der Waals surface area contributed by atoms with Gasteiger partial charge in [-0.1, -0.05) is 30.3 Å². The summed E-state index contributed by atoms with van der Waals surface area (Å²) in [6, 6.07) is 9.55. The molecule has 0 bridgehead atoms. The van der Waals surface area contributed by atoms with E-state index in [0.29, 0.717) is 6.42 Å². The van der Waals surface area contributed by atoms with Gasteiger partial charge in [0.2, 0.25) is 0 Å². The molecule has 1 rings (SSSR count). The predicted octanol–water partition coefficient (Wildman–Crippen LogP) is 0.587. The highest BCUT2D eigenvalue weighted by atomic mass is 16.1. The lowest BCUT2D eigenvalue weighted by Crippen LogP contribution is -2.25. The van der Waals surface area contributed by atoms with E-state index in [2.05, 4.69) is 5.32 Å². The van der Waals surface area contributed by atoms with Crippen molar-refractivity contribution in [2.24, 2.45) is 0 Å². The highest BCUT2D eigenvalue weighted by molar-refractivity contribution is 5.82. The van der Waals surface area contributed by atoms with Crippen molar-refractivity contribution in [3.05, 3.63) is 35.9 Å². The van der Waals surface area contributed by atoms with Crippen LogP contribution in [0.3, 0.4) is 0 Å². The zero-order valence-corrected chi connectivity index (χ0v) is 7.90. The summed E-state index contributed by atoms with van der Waals surface area (Å²) < 4.78 is 0. The van der Waals surface area contributed by atoms with Gasteiger partial charge in [0.15, 0.2) is 5.78 Å². The van der Waals surface area contributed by atoms with Crippen LogP contribution in [0.4, 0.5) is 0 Å². The van der Waals surface area contributed by atoms with Crippen molar-refractivity contribution >= 4 is 12.1 Å². The molecule has 3 nitrogen and oxygen atoms in total. The molecule has 0 saturated carbocycles. The Balaban J connectivity index is 2.31. The monoisotopic (exact) mass is 191 g/mol. The molecule has 0 aliphatic heterocycles. The van der Waals surface area contributed by atoms with Gasteiger partial charge < -0.3 is 10.1 Å². The van der Waals surface area contributed by atoms with Crippen molar-refractivity contribution in [3.8, 4) is 0 Å². The number of Topliss-reactive ketones (excluding diaryl/α,β-unsaturated/α-hetero) is 1. The highest BCUT2D eigenvalue weighted by Crippen LogP contribution is 1.99. The molecule has 0 radical (unpaired) electrons. The molecule has 0 unspecified atom stereocenters. The Kier molecular flexibility index (Phi) is 4.58. The van der Waals surface area contributed by atoms with Crippen LogP contribution >= 0.6 is 0 Å². The summed E-state index contributed by atoms with van der Waals surface area (Å²) in [5.74, 6) is 0.0954. The molecule has 1 N–H and O–H groups in total. The zero-order chi connectivity index (χ0) is 10.2. The van der Waals surface area contributed by atoms with E-state index in [1.165, 1.54) is 0 Å². The summed E-state index contributed by atoms with van der Waals surface area (Å²) >= 11 is 0. The zero-order valence-electron chi connectivity index (χ0n) is 7.90. The number of ketones is 1. The van der Waals surface area contributed by atoms with Gasteiger partial charge in [0.05, 0.1) is 13.1 Å². The first kappa shape index (κ1) is 10.6. The largest absolute Gasteiger partial charge is 0.303 e. The van der Waals surface area contributed by atoms with Crippen molar-refractivity contribution in [1.29, 1.82) is 0 Å². The minimum Gasteiger partial charge on any atom is -0.303 e. The lowest BCUT2D eigenvalue weighted by molar-refractivity contribution is -0.117. The maximum Gasteiger partial charge on any atom is 0.150 e. The number of nitrogens with one attached hydrogen (secondary N) is 1. The second-order valence-corrected chi connectivity index (χ2v) is 3.00. The SMILES string of the molecule is O=CCNCC(=O)Cc1ccccc1. The number of carbonyl (C=O) groups excluding carboxylic acids is 2. The van der Waals surface area contributed by atoms with E-state index in [9.17, 15) is 9.59 Å². The molecule has 0 amide bonds. The fourth-order valence-corrected chi connectivity index (χ4v) is 1.16. The fourth-order valence-electron chi connectivity index (χ4n) is 1.16. The highest BCUT2D eigenvalue weighted by Gasteiger charge is 2.01. The summed E-state index contributed by atoms with van der Waals surface area (Å²) in [4.78, 5) is 21.3. The second kappa shape index (κ2) is 6.05. The molecule has 74 valence electrons. The Morgan fingerprint density at radius 2 is 2.00 bits per heavy atom. The lowest BCUT2D eigenvalue weighted by Gasteiger charge is -2.00. The Morgan fingerprint density at radius 1 is 1.29 bits per heavy atom. The molecular weight excluding hydrogens is 178 g/mol. The Hall–Kier alpha value is -1.48. The Morgan fingerprint density at radius 3 is 2.64 bits per heavy atom. The third-order valence-corrected chi connectivity index (χ3v) is 1.79. The summed E-state index contributed by atoms with van der Waals surface area (Å²) in [7, 11) is 0. The van der Waals surface area contributed by atoms with Crippen LogP contribution in [0.25, 0.3) is 0 Å². The molecule has 0 aliphatic carbocycles. The van der Waals surface area contributed by atoms with Gasteiger partial charge in [-0.2, -0.15) is 0 Å². The van der Waals surface area contributed by atoms with Crippen LogP contribution in [-0.2, 0) is 16.0 Å². The number of benzene rings is 1. The molecular formula is C11H13NO2. The number of aldehydes is 1. The number of carbonyl (C=O) groups is 2. The molecule has 3 heteroatoms. The van der Waals surface area contributed by atoms with E-state index < -0.39 is 0 Å². The molecule has 1 aromatic carbocycles. The third kappa shape index (κ3) is 3.96. The number of rotatable bonds is 6. The maximum absolute atomic E-state index is 11.3. The van der Waals surface area contributed by atoms with Crippen LogP contribution in [0.1, 0.15) is 5.56 Å². The van der Waals surface area contributed by atoms with Gasteiger partial charge in [-0.15, -0.1) is 0 Å². The van der Waals surface area contributed by atoms with Gasteiger partial charge in [0.25, 0.3) is 0 Å². The smallest absolute Gasteiger partial charge is 0.150 e. The Bertz CT molecular complexity index is 295. The topological polar surface area (TPSA) is 46.2 Å². The molecule has 0 aliphatic rings. The first-order valence-electron chi connectivity index (χ1n) is 4.53. The van der Waals surface area contributed by atoms with E-state index in [0.717, 1.165) is 11.8 Å². The van der Waals surface area contributed by atoms with Crippen molar-refractivity contribution < 1.29 is 9.59 Å². The number of hydrogen-bond acceptors (Lipinski definition) is 3. The van der Waals surface area contributed by atoms with Crippen LogP contribution in [0.2, 0.25) is 0 Å². The van der Waals surface area contributed by atoms with E-state index >= 15 is 0 Å². The molecule has 1 aromatic rings. The first-order valence-corrected chi connectivity index (χ1v) is 4.53. The average Bonchev–Trinajstić information content (AvgIpc) is 2.20. The molecule has 0 atom stereocenters. The van der Waals surface area contributed by atoms with E-state index in [-0.39, 0.29) is 18.9 Å². The minimum atomic E-state index is 0.0954. The van der Waals surface area contributed by atoms with Gasteiger partial charge in [-0.3, -0.25) is 4.79 Å². The van der Waals surface area contributed by atoms with Crippen molar-refractivity contribution in [2.75, 3.05) is 13.1 Å². The quantitative estimate of drug-likeness (QED) is 0.528. The van der Waals surface area contributed by atoms with E-state index in [4.69, 9.17) is 0 Å². The number of hydrogen-bond donors (Lipinski definition) is 1. The second-order valence-electron chi connectivity index (χ2n) is 3.00. The molecule has 0 heterocycles. The van der Waals surface area contributed by atoms with E-state index in [1.54, 1.807) is 0 Å². The van der Waals surface area contributed by atoms with Gasteiger partial charge in [-0.05, 0) is 5.56 Å². The summed E-state index contributed by atoms with van der Waals surface area (Å²) in [5, 5.41) is 2.74. The van der Waals surface area contributed by atoms with Gasteiger partial charge in [0, 0.05) is 6.42 Å². The van der Waals surface area contributed by atoms with Gasteiger partial charge >= 0.3 is 0 Å². The molecule has 0 saturated heterocycles. The van der Waals surface area contributed by atoms with Crippen LogP contribution in [-0.4, -0.2) is 25.2 Å². The summed E-state index contributed by atoms with van der Waals surface area (Å²) in [5.41, 5.74) is 1.01. The Labute approximate surface area is 83.1 Å². The van der Waals surface area contributed by atoms with Crippen molar-refractivity contribution in [3.63, 3.8) is 0 Å². The first-order chi connectivity index (χ1) is 6.83. The van der Waals surface area contributed by atoms with Crippen LogP contribution in [0, 0.1) is 0 Å². The summed E-state index contributed by atoms with van der Waals surface area (Å²) in [6.45, 7) is 0.494.